The number of nitrogens with zero attached hydrogens (tertiary/aromatic N) is 2. The van der Waals surface area contributed by atoms with Gasteiger partial charge in [0.05, 0.1) is 4.92 Å². The highest BCUT2D eigenvalue weighted by atomic mass is 35.5. The zero-order valence-electron chi connectivity index (χ0n) is 7.88. The monoisotopic (exact) mass is 284 g/mol. The second kappa shape index (κ2) is 5.41. The number of nitro groups is 1. The van der Waals surface area contributed by atoms with Gasteiger partial charge in [0.15, 0.2) is 4.90 Å². The average molecular weight is 285 g/mol. The van der Waals surface area contributed by atoms with E-state index in [0.29, 0.717) is 0 Å². The zero-order chi connectivity index (χ0) is 12.3. The van der Waals surface area contributed by atoms with Crippen LogP contribution in [0.3, 0.4) is 0 Å². The van der Waals surface area contributed by atoms with Crippen molar-refractivity contribution in [2.45, 2.75) is 4.90 Å². The van der Waals surface area contributed by atoms with Crippen molar-refractivity contribution in [2.24, 2.45) is 0 Å². The topological polar surface area (TPSA) is 130 Å². The molecule has 0 spiro atoms. The highest BCUT2D eigenvalue weighted by Crippen LogP contribution is 2.24. The fourth-order valence-electron chi connectivity index (χ4n) is 0.940. The van der Waals surface area contributed by atoms with Gasteiger partial charge < -0.3 is 0 Å². The quantitative estimate of drug-likeness (QED) is 0.593. The summed E-state index contributed by atoms with van der Waals surface area (Å²) in [6, 6.07) is 4.15. The molecule has 11 heteroatoms. The fourth-order valence-corrected chi connectivity index (χ4v) is 1.82. The highest BCUT2D eigenvalue weighted by molar-refractivity contribution is 7.86. The fraction of sp³-hybridized carbons (Fsp3) is 0. The normalized spacial score (nSPS) is 10.1. The van der Waals surface area contributed by atoms with Crippen molar-refractivity contribution in [3.63, 3.8) is 0 Å². The van der Waals surface area contributed by atoms with E-state index in [1.54, 1.807) is 0 Å². The minimum atomic E-state index is -4.78. The summed E-state index contributed by atoms with van der Waals surface area (Å²) in [6.45, 7) is 0. The van der Waals surface area contributed by atoms with Crippen LogP contribution in [-0.4, -0.2) is 18.4 Å². The number of para-hydroxylation sites is 1. The molecule has 94 valence electrons. The molecule has 0 bridgehead atoms. The van der Waals surface area contributed by atoms with Crippen LogP contribution in [0.4, 0.5) is 5.69 Å². The number of halogens is 1. The molecule has 0 aliphatic heterocycles. The second-order valence-corrected chi connectivity index (χ2v) is 3.97. The van der Waals surface area contributed by atoms with E-state index in [1.807, 2.05) is 0 Å². The van der Waals surface area contributed by atoms with Crippen molar-refractivity contribution >= 4 is 28.2 Å². The van der Waals surface area contributed by atoms with Gasteiger partial charge in [0.2, 0.25) is 0 Å². The van der Waals surface area contributed by atoms with Crippen LogP contribution in [0.25, 0.3) is 0 Å². The third-order valence-electron chi connectivity index (χ3n) is 1.49. The summed E-state index contributed by atoms with van der Waals surface area (Å²) in [4.78, 5) is 18.5. The summed E-state index contributed by atoms with van der Waals surface area (Å²) in [5.74, 6) is 0. The van der Waals surface area contributed by atoms with Crippen molar-refractivity contribution in [3.8, 4) is 0 Å². The lowest BCUT2D eigenvalue weighted by atomic mass is 10.3. The van der Waals surface area contributed by atoms with E-state index in [4.69, 9.17) is 0 Å². The largest absolute Gasteiger partial charge is 0.341 e. The van der Waals surface area contributed by atoms with Gasteiger partial charge in [0.1, 0.15) is 0 Å². The van der Waals surface area contributed by atoms with Crippen molar-refractivity contribution in [3.05, 3.63) is 44.5 Å². The van der Waals surface area contributed by atoms with Gasteiger partial charge in [-0.25, -0.2) is 0 Å². The Balaban J connectivity index is 0.00000256. The van der Waals surface area contributed by atoms with Gasteiger partial charge >= 0.3 is 15.2 Å². The minimum Gasteiger partial charge on any atom is -0.258 e. The van der Waals surface area contributed by atoms with Crippen LogP contribution < -0.4 is 0 Å². The Labute approximate surface area is 101 Å². The van der Waals surface area contributed by atoms with Crippen LogP contribution >= 0.6 is 12.4 Å². The van der Waals surface area contributed by atoms with E-state index in [2.05, 4.69) is 4.28 Å². The van der Waals surface area contributed by atoms with Gasteiger partial charge in [0.25, 0.3) is 5.69 Å². The molecule has 0 fully saturated rings. The first kappa shape index (κ1) is 15.1. The van der Waals surface area contributed by atoms with Crippen LogP contribution in [0.5, 0.6) is 0 Å². The molecule has 0 unspecified atom stereocenters. The number of hydrogen-bond acceptors (Lipinski definition) is 7. The molecular weight excluding hydrogens is 280 g/mol. The molecule has 9 nitrogen and oxygen atoms in total. The van der Waals surface area contributed by atoms with E-state index < -0.39 is 30.7 Å². The first-order valence-corrected chi connectivity index (χ1v) is 5.08. The molecule has 1 rings (SSSR count). The minimum absolute atomic E-state index is 0. The van der Waals surface area contributed by atoms with Gasteiger partial charge in [-0.2, -0.15) is 12.7 Å². The molecule has 0 heterocycles. The Morgan fingerprint density at radius 1 is 1.12 bits per heavy atom. The lowest BCUT2D eigenvalue weighted by molar-refractivity contribution is -0.711. The Hall–Kier alpha value is -1.94. The van der Waals surface area contributed by atoms with Gasteiger partial charge in [-0.1, -0.05) is 12.1 Å². The van der Waals surface area contributed by atoms with E-state index in [9.17, 15) is 28.6 Å². The summed E-state index contributed by atoms with van der Waals surface area (Å²) in [5.41, 5.74) is -0.788. The summed E-state index contributed by atoms with van der Waals surface area (Å²) in [5, 5.41) is 18.8. The Bertz CT molecular complexity index is 543. The maximum Gasteiger partial charge on any atom is 0.341 e. The molecule has 0 aromatic heterocycles. The molecule has 0 aliphatic carbocycles. The Kier molecular flexibility index (Phi) is 4.79. The predicted molar refractivity (Wildman–Crippen MR) is 55.6 cm³/mol. The van der Waals surface area contributed by atoms with Crippen molar-refractivity contribution in [1.29, 1.82) is 0 Å². The van der Waals surface area contributed by atoms with E-state index in [-0.39, 0.29) is 12.4 Å². The SMILES string of the molecule is Cl.O=[N+]([O-])OS(=O)(=O)c1ccccc1[N+](=O)[O-]. The Morgan fingerprint density at radius 3 is 2.12 bits per heavy atom. The summed E-state index contributed by atoms with van der Waals surface area (Å²) in [7, 11) is -4.78. The number of nitro benzene ring substituents is 1. The third kappa shape index (κ3) is 3.53. The smallest absolute Gasteiger partial charge is 0.258 e. The third-order valence-corrected chi connectivity index (χ3v) is 2.69. The molecule has 0 radical (unpaired) electrons. The number of benzene rings is 1. The molecule has 0 atom stereocenters. The van der Waals surface area contributed by atoms with Crippen molar-refractivity contribution < 1.29 is 22.7 Å². The molecule has 0 saturated carbocycles. The molecule has 1 aromatic rings. The van der Waals surface area contributed by atoms with Crippen LogP contribution in [0.1, 0.15) is 0 Å². The molecular formula is C6H5ClN2O7S. The van der Waals surface area contributed by atoms with E-state index >= 15 is 0 Å². The van der Waals surface area contributed by atoms with Crippen LogP contribution in [0, 0.1) is 20.2 Å². The standard InChI is InChI=1S/C6H4N2O7S.ClH/c9-7(10)5-3-1-2-4-6(5)16(13,14)15-8(11)12;/h1-4H;1H. The predicted octanol–water partition coefficient (Wildman–Crippen LogP) is 0.914. The maximum atomic E-state index is 11.2. The number of hydrogen-bond donors (Lipinski definition) is 0. The molecule has 0 saturated heterocycles. The van der Waals surface area contributed by atoms with E-state index in [0.717, 1.165) is 12.1 Å². The summed E-state index contributed by atoms with van der Waals surface area (Å²) >= 11 is 0. The van der Waals surface area contributed by atoms with Gasteiger partial charge in [0, 0.05) is 6.07 Å². The molecule has 0 aliphatic rings. The highest BCUT2D eigenvalue weighted by Gasteiger charge is 2.28. The Morgan fingerprint density at radius 2 is 1.65 bits per heavy atom. The van der Waals surface area contributed by atoms with Gasteiger partial charge in [-0.05, 0) is 6.07 Å². The van der Waals surface area contributed by atoms with E-state index in [1.165, 1.54) is 12.1 Å². The summed E-state index contributed by atoms with van der Waals surface area (Å²) in [6.07, 6.45) is 0. The summed E-state index contributed by atoms with van der Waals surface area (Å²) < 4.78 is 25.8. The zero-order valence-corrected chi connectivity index (χ0v) is 9.51. The van der Waals surface area contributed by atoms with Gasteiger partial charge in [-0.3, -0.25) is 10.1 Å². The lowest BCUT2D eigenvalue weighted by Crippen LogP contribution is -2.13. The average Bonchev–Trinajstić information content (AvgIpc) is 2.15. The first-order valence-electron chi connectivity index (χ1n) is 3.67. The van der Waals surface area contributed by atoms with Crippen LogP contribution in [0.15, 0.2) is 29.2 Å². The molecule has 17 heavy (non-hydrogen) atoms. The number of rotatable bonds is 4. The molecule has 0 amide bonds. The van der Waals surface area contributed by atoms with Crippen LogP contribution in [-0.2, 0) is 14.4 Å². The maximum absolute atomic E-state index is 11.2. The first-order chi connectivity index (χ1) is 7.34. The van der Waals surface area contributed by atoms with Crippen molar-refractivity contribution in [2.75, 3.05) is 0 Å². The van der Waals surface area contributed by atoms with Gasteiger partial charge in [-0.15, -0.1) is 22.5 Å². The van der Waals surface area contributed by atoms with Crippen LogP contribution in [0.2, 0.25) is 0 Å². The second-order valence-electron chi connectivity index (χ2n) is 2.48. The molecule has 0 N–H and O–H groups in total. The van der Waals surface area contributed by atoms with Crippen molar-refractivity contribution in [1.82, 2.24) is 0 Å². The molecule has 1 aromatic carbocycles. The lowest BCUT2D eigenvalue weighted by Gasteiger charge is -2.01.